The third-order valence-corrected chi connectivity index (χ3v) is 5.18. The minimum absolute atomic E-state index is 0. The van der Waals surface area contributed by atoms with Crippen LogP contribution in [0.3, 0.4) is 0 Å². The summed E-state index contributed by atoms with van der Waals surface area (Å²) in [5.41, 5.74) is 4.28. The van der Waals surface area contributed by atoms with E-state index in [1.165, 1.54) is 24.0 Å². The van der Waals surface area contributed by atoms with Gasteiger partial charge in [-0.3, -0.25) is 0 Å². The van der Waals surface area contributed by atoms with Gasteiger partial charge in [-0.1, -0.05) is 54.1 Å². The van der Waals surface area contributed by atoms with Crippen molar-refractivity contribution in [2.75, 3.05) is 27.7 Å². The molecule has 2 atom stereocenters. The number of hydrogen-bond acceptors (Lipinski definition) is 2. The predicted molar refractivity (Wildman–Crippen MR) is 113 cm³/mol. The van der Waals surface area contributed by atoms with Crippen molar-refractivity contribution in [1.29, 1.82) is 0 Å². The molecule has 2 nitrogen and oxygen atoms in total. The average molecular weight is 372 g/mol. The van der Waals surface area contributed by atoms with Crippen LogP contribution in [0.4, 0.5) is 0 Å². The number of nitrogens with zero attached hydrogens (tertiary/aromatic N) is 1. The molecule has 2 unspecified atom stereocenters. The van der Waals surface area contributed by atoms with Crippen LogP contribution in [0, 0.1) is 5.92 Å². The standard InChI is InChI=1S/C23H29NO.ClH/c1-24(2)17-21-13-12-19(14-18-8-5-4-6-9-18)15-23(21)20-10-7-11-22(16-20)25-3;/h4-11,14,16,21,23H,12-13,15,17H2,1-3H3;1H/b19-14-;. The molecule has 1 aliphatic carbocycles. The number of allylic oxidation sites excluding steroid dienone is 1. The summed E-state index contributed by atoms with van der Waals surface area (Å²) in [6, 6.07) is 19.3. The van der Waals surface area contributed by atoms with Gasteiger partial charge in [-0.15, -0.1) is 12.4 Å². The molecule has 0 N–H and O–H groups in total. The Morgan fingerprint density at radius 1 is 1.08 bits per heavy atom. The van der Waals surface area contributed by atoms with Crippen molar-refractivity contribution >= 4 is 18.5 Å². The monoisotopic (exact) mass is 371 g/mol. The van der Waals surface area contributed by atoms with E-state index < -0.39 is 0 Å². The van der Waals surface area contributed by atoms with E-state index in [-0.39, 0.29) is 12.4 Å². The molecular formula is C23H30ClNO. The number of ether oxygens (including phenoxy) is 1. The number of halogens is 1. The Morgan fingerprint density at radius 2 is 1.85 bits per heavy atom. The molecule has 2 aromatic carbocycles. The second-order valence-electron chi connectivity index (χ2n) is 7.36. The minimum atomic E-state index is 0. The van der Waals surface area contributed by atoms with Crippen LogP contribution in [0.25, 0.3) is 6.08 Å². The van der Waals surface area contributed by atoms with Crippen LogP contribution in [0.1, 0.15) is 36.3 Å². The molecule has 2 aromatic rings. The molecule has 0 amide bonds. The van der Waals surface area contributed by atoms with E-state index in [2.05, 4.69) is 73.6 Å². The van der Waals surface area contributed by atoms with Gasteiger partial charge in [0.15, 0.2) is 0 Å². The molecule has 0 spiro atoms. The Labute approximate surface area is 164 Å². The van der Waals surface area contributed by atoms with Gasteiger partial charge >= 0.3 is 0 Å². The minimum Gasteiger partial charge on any atom is -0.497 e. The summed E-state index contributed by atoms with van der Waals surface area (Å²) in [4.78, 5) is 2.32. The molecule has 1 fully saturated rings. The first-order valence-corrected chi connectivity index (χ1v) is 9.19. The first kappa shape index (κ1) is 20.5. The molecule has 3 rings (SSSR count). The fraction of sp³-hybridized carbons (Fsp3) is 0.391. The largest absolute Gasteiger partial charge is 0.497 e. The van der Waals surface area contributed by atoms with Gasteiger partial charge in [0, 0.05) is 6.54 Å². The van der Waals surface area contributed by atoms with Crippen LogP contribution >= 0.6 is 12.4 Å². The highest BCUT2D eigenvalue weighted by Crippen LogP contribution is 2.42. The van der Waals surface area contributed by atoms with Gasteiger partial charge in [0.25, 0.3) is 0 Å². The van der Waals surface area contributed by atoms with Crippen LogP contribution in [0.2, 0.25) is 0 Å². The first-order chi connectivity index (χ1) is 12.2. The van der Waals surface area contributed by atoms with Gasteiger partial charge < -0.3 is 9.64 Å². The molecule has 0 saturated heterocycles. The quantitative estimate of drug-likeness (QED) is 0.673. The molecule has 0 radical (unpaired) electrons. The van der Waals surface area contributed by atoms with E-state index in [1.54, 1.807) is 12.7 Å². The van der Waals surface area contributed by atoms with Crippen LogP contribution in [0.15, 0.2) is 60.2 Å². The fourth-order valence-electron chi connectivity index (χ4n) is 3.99. The number of rotatable bonds is 5. The first-order valence-electron chi connectivity index (χ1n) is 9.19. The molecule has 0 heterocycles. The molecule has 0 aromatic heterocycles. The molecule has 140 valence electrons. The van der Waals surface area contributed by atoms with Crippen molar-refractivity contribution < 1.29 is 4.74 Å². The molecule has 1 aliphatic rings. The van der Waals surface area contributed by atoms with Gasteiger partial charge in [0.2, 0.25) is 0 Å². The topological polar surface area (TPSA) is 12.5 Å². The highest BCUT2D eigenvalue weighted by atomic mass is 35.5. The van der Waals surface area contributed by atoms with Crippen LogP contribution < -0.4 is 4.74 Å². The van der Waals surface area contributed by atoms with E-state index >= 15 is 0 Å². The maximum Gasteiger partial charge on any atom is 0.119 e. The normalized spacial score (nSPS) is 21.5. The highest BCUT2D eigenvalue weighted by molar-refractivity contribution is 5.85. The highest BCUT2D eigenvalue weighted by Gasteiger charge is 2.29. The zero-order chi connectivity index (χ0) is 17.6. The van der Waals surface area contributed by atoms with Gasteiger partial charge in [-0.05, 0) is 68.5 Å². The van der Waals surface area contributed by atoms with E-state index in [1.807, 2.05) is 6.07 Å². The van der Waals surface area contributed by atoms with Gasteiger partial charge in [-0.25, -0.2) is 0 Å². The lowest BCUT2D eigenvalue weighted by Gasteiger charge is -2.35. The second kappa shape index (κ2) is 9.80. The number of benzene rings is 2. The summed E-state index contributed by atoms with van der Waals surface area (Å²) in [5, 5.41) is 0. The average Bonchev–Trinajstić information content (AvgIpc) is 2.63. The summed E-state index contributed by atoms with van der Waals surface area (Å²) in [5.74, 6) is 2.21. The Hall–Kier alpha value is -1.77. The number of methoxy groups -OCH3 is 1. The van der Waals surface area contributed by atoms with Crippen molar-refractivity contribution in [3.8, 4) is 5.75 Å². The van der Waals surface area contributed by atoms with Crippen molar-refractivity contribution in [2.45, 2.75) is 25.2 Å². The Morgan fingerprint density at radius 3 is 2.54 bits per heavy atom. The van der Waals surface area contributed by atoms with Crippen molar-refractivity contribution in [2.24, 2.45) is 5.92 Å². The van der Waals surface area contributed by atoms with Gasteiger partial charge in [0.1, 0.15) is 5.75 Å². The van der Waals surface area contributed by atoms with Crippen molar-refractivity contribution in [3.05, 3.63) is 71.3 Å². The fourth-order valence-corrected chi connectivity index (χ4v) is 3.99. The molecular weight excluding hydrogens is 342 g/mol. The lowest BCUT2D eigenvalue weighted by Crippen LogP contribution is -2.29. The van der Waals surface area contributed by atoms with E-state index in [0.717, 1.165) is 18.7 Å². The van der Waals surface area contributed by atoms with Gasteiger partial charge in [-0.2, -0.15) is 0 Å². The molecule has 0 aliphatic heterocycles. The van der Waals surface area contributed by atoms with E-state index in [4.69, 9.17) is 4.74 Å². The van der Waals surface area contributed by atoms with Crippen LogP contribution in [0.5, 0.6) is 5.75 Å². The van der Waals surface area contributed by atoms with E-state index in [9.17, 15) is 0 Å². The van der Waals surface area contributed by atoms with Gasteiger partial charge in [0.05, 0.1) is 7.11 Å². The lowest BCUT2D eigenvalue weighted by atomic mass is 9.73. The summed E-state index contributed by atoms with van der Waals surface area (Å²) in [6.45, 7) is 1.14. The third kappa shape index (κ3) is 5.36. The third-order valence-electron chi connectivity index (χ3n) is 5.18. The summed E-state index contributed by atoms with van der Waals surface area (Å²) in [7, 11) is 6.11. The number of hydrogen-bond donors (Lipinski definition) is 0. The lowest BCUT2D eigenvalue weighted by molar-refractivity contribution is 0.256. The summed E-state index contributed by atoms with van der Waals surface area (Å²) >= 11 is 0. The Kier molecular flexibility index (Phi) is 7.74. The summed E-state index contributed by atoms with van der Waals surface area (Å²) in [6.07, 6.45) is 5.98. The maximum atomic E-state index is 5.46. The zero-order valence-corrected chi connectivity index (χ0v) is 16.8. The Balaban J connectivity index is 0.00000243. The predicted octanol–water partition coefficient (Wildman–Crippen LogP) is 5.65. The van der Waals surface area contributed by atoms with Crippen molar-refractivity contribution in [1.82, 2.24) is 4.90 Å². The molecule has 26 heavy (non-hydrogen) atoms. The molecule has 0 bridgehead atoms. The summed E-state index contributed by atoms with van der Waals surface area (Å²) < 4.78 is 5.46. The molecule has 3 heteroatoms. The smallest absolute Gasteiger partial charge is 0.119 e. The van der Waals surface area contributed by atoms with Crippen molar-refractivity contribution in [3.63, 3.8) is 0 Å². The maximum absolute atomic E-state index is 5.46. The Bertz CT molecular complexity index is 711. The second-order valence-corrected chi connectivity index (χ2v) is 7.36. The molecule has 1 saturated carbocycles. The van der Waals surface area contributed by atoms with Crippen LogP contribution in [-0.2, 0) is 0 Å². The zero-order valence-electron chi connectivity index (χ0n) is 16.0. The van der Waals surface area contributed by atoms with Crippen LogP contribution in [-0.4, -0.2) is 32.6 Å². The SMILES string of the molecule is COc1cccc(C2C/C(=C\c3ccccc3)CCC2CN(C)C)c1.Cl. The van der Waals surface area contributed by atoms with E-state index in [0.29, 0.717) is 11.8 Å².